The Balaban J connectivity index is 1.94. The Hall–Kier alpha value is 0.210. The van der Waals surface area contributed by atoms with E-state index in [4.69, 9.17) is 0 Å². The molecule has 1 amide bonds. The Morgan fingerprint density at radius 2 is 2.23 bits per heavy atom. The van der Waals surface area contributed by atoms with Crippen molar-refractivity contribution in [2.45, 2.75) is 30.2 Å². The average Bonchev–Trinajstić information content (AvgIpc) is 2.35. The number of rotatable bonds is 3. The van der Waals surface area contributed by atoms with E-state index in [9.17, 15) is 9.90 Å². The topological polar surface area (TPSA) is 49.3 Å². The second kappa shape index (κ2) is 3.76. The number of amides is 1. The maximum Gasteiger partial charge on any atom is 0.207 e. The van der Waals surface area contributed by atoms with Gasteiger partial charge in [-0.25, -0.2) is 0 Å². The van der Waals surface area contributed by atoms with Crippen molar-refractivity contribution in [2.75, 3.05) is 0 Å². The van der Waals surface area contributed by atoms with Gasteiger partial charge in [0, 0.05) is 11.3 Å². The SMILES string of the molecule is O=CN[C@@H]1C[C@@H]2[C@@H](O)[C@H](SP)C[C@@H]21. The Morgan fingerprint density at radius 1 is 1.46 bits per heavy atom. The highest BCUT2D eigenvalue weighted by Gasteiger charge is 2.52. The van der Waals surface area contributed by atoms with Gasteiger partial charge in [-0.15, -0.1) is 11.4 Å². The van der Waals surface area contributed by atoms with Crippen molar-refractivity contribution in [1.82, 2.24) is 5.32 Å². The molecule has 0 bridgehead atoms. The number of hydrogen-bond donors (Lipinski definition) is 2. The van der Waals surface area contributed by atoms with Gasteiger partial charge in [0.1, 0.15) is 0 Å². The summed E-state index contributed by atoms with van der Waals surface area (Å²) >= 11 is 1.66. The first-order chi connectivity index (χ1) is 6.27. The van der Waals surface area contributed by atoms with Crippen molar-refractivity contribution in [3.05, 3.63) is 0 Å². The van der Waals surface area contributed by atoms with Crippen LogP contribution in [0.25, 0.3) is 0 Å². The Kier molecular flexibility index (Phi) is 2.82. The van der Waals surface area contributed by atoms with Gasteiger partial charge >= 0.3 is 0 Å². The summed E-state index contributed by atoms with van der Waals surface area (Å²) in [6, 6.07) is 0.319. The third-order valence-corrected chi connectivity index (χ3v) is 5.24. The van der Waals surface area contributed by atoms with Gasteiger partial charge in [-0.05, 0) is 24.7 Å². The summed E-state index contributed by atoms with van der Waals surface area (Å²) < 4.78 is 0. The first-order valence-electron chi connectivity index (χ1n) is 4.51. The number of hydrogen-bond acceptors (Lipinski definition) is 3. The third kappa shape index (κ3) is 1.49. The molecule has 0 spiro atoms. The lowest BCUT2D eigenvalue weighted by Gasteiger charge is -2.40. The van der Waals surface area contributed by atoms with Crippen molar-refractivity contribution >= 4 is 26.2 Å². The molecule has 6 atom stereocenters. The monoisotopic (exact) mass is 219 g/mol. The zero-order valence-electron chi connectivity index (χ0n) is 7.22. The normalized spacial score (nSPS) is 48.0. The van der Waals surface area contributed by atoms with E-state index in [1.165, 1.54) is 0 Å². The lowest BCUT2D eigenvalue weighted by Crippen LogP contribution is -2.50. The zero-order valence-corrected chi connectivity index (χ0v) is 9.19. The summed E-state index contributed by atoms with van der Waals surface area (Å²) in [5.74, 6) is 0.939. The smallest absolute Gasteiger partial charge is 0.207 e. The van der Waals surface area contributed by atoms with E-state index in [1.54, 1.807) is 11.4 Å². The lowest BCUT2D eigenvalue weighted by molar-refractivity contribution is -0.112. The standard InChI is InChI=1S/C8H14NO2PS/c10-3-9-6-1-5-4(6)2-7(13-12)8(5)11/h3-8,11H,1-2,12H2,(H,9,10)/t4-,5-,6+,7+,8+/m0/s1. The summed E-state index contributed by atoms with van der Waals surface area (Å²) in [4.78, 5) is 10.2. The summed E-state index contributed by atoms with van der Waals surface area (Å²) in [6.45, 7) is 0. The van der Waals surface area contributed by atoms with Crippen LogP contribution in [0.3, 0.4) is 0 Å². The first kappa shape index (κ1) is 9.75. The second-order valence-corrected chi connectivity index (χ2v) is 5.55. The number of nitrogens with one attached hydrogen (secondary N) is 1. The third-order valence-electron chi connectivity index (χ3n) is 3.37. The molecule has 13 heavy (non-hydrogen) atoms. The molecule has 2 rings (SSSR count). The van der Waals surface area contributed by atoms with E-state index in [2.05, 4.69) is 13.8 Å². The molecule has 2 fully saturated rings. The van der Waals surface area contributed by atoms with Crippen LogP contribution in [0.1, 0.15) is 12.8 Å². The van der Waals surface area contributed by atoms with Gasteiger partial charge in [0.05, 0.1) is 6.10 Å². The molecule has 0 heterocycles. The highest BCUT2D eigenvalue weighted by Crippen LogP contribution is 2.51. The van der Waals surface area contributed by atoms with Gasteiger partial charge in [0.25, 0.3) is 0 Å². The van der Waals surface area contributed by atoms with Crippen LogP contribution in [-0.2, 0) is 4.79 Å². The molecule has 0 saturated heterocycles. The number of aliphatic hydroxyl groups excluding tert-OH is 1. The van der Waals surface area contributed by atoms with Gasteiger partial charge in [-0.2, -0.15) is 0 Å². The molecule has 2 aliphatic rings. The minimum atomic E-state index is -0.169. The quantitative estimate of drug-likeness (QED) is 0.533. The van der Waals surface area contributed by atoms with Crippen molar-refractivity contribution in [2.24, 2.45) is 11.8 Å². The largest absolute Gasteiger partial charge is 0.392 e. The molecule has 0 aromatic carbocycles. The molecule has 2 N–H and O–H groups in total. The maximum absolute atomic E-state index is 10.2. The predicted molar refractivity (Wildman–Crippen MR) is 56.3 cm³/mol. The van der Waals surface area contributed by atoms with Gasteiger partial charge in [0.2, 0.25) is 6.41 Å². The first-order valence-corrected chi connectivity index (χ1v) is 6.87. The molecule has 5 heteroatoms. The van der Waals surface area contributed by atoms with E-state index < -0.39 is 0 Å². The number of carbonyl (C=O) groups excluding carboxylic acids is 1. The molecule has 0 aromatic rings. The minimum Gasteiger partial charge on any atom is -0.392 e. The van der Waals surface area contributed by atoms with Crippen molar-refractivity contribution < 1.29 is 9.90 Å². The molecule has 1 unspecified atom stereocenters. The van der Waals surface area contributed by atoms with Crippen LogP contribution in [-0.4, -0.2) is 28.9 Å². The van der Waals surface area contributed by atoms with E-state index >= 15 is 0 Å². The van der Waals surface area contributed by atoms with Crippen molar-refractivity contribution in [1.29, 1.82) is 0 Å². The molecule has 2 aliphatic carbocycles. The number of aliphatic hydroxyl groups is 1. The fraction of sp³-hybridized carbons (Fsp3) is 0.875. The molecule has 0 radical (unpaired) electrons. The fourth-order valence-electron chi connectivity index (χ4n) is 2.58. The Labute approximate surface area is 84.0 Å². The number of fused-ring (bicyclic) bond motifs is 1. The molecule has 2 saturated carbocycles. The summed E-state index contributed by atoms with van der Waals surface area (Å²) in [5, 5.41) is 13.0. The van der Waals surface area contributed by atoms with E-state index in [0.29, 0.717) is 23.1 Å². The zero-order chi connectivity index (χ0) is 9.42. The van der Waals surface area contributed by atoms with Gasteiger partial charge in [-0.1, -0.05) is 8.44 Å². The lowest BCUT2D eigenvalue weighted by atomic mass is 9.71. The molecular weight excluding hydrogens is 205 g/mol. The average molecular weight is 219 g/mol. The highest BCUT2D eigenvalue weighted by atomic mass is 32.7. The van der Waals surface area contributed by atoms with Gasteiger partial charge < -0.3 is 10.4 Å². The summed E-state index contributed by atoms with van der Waals surface area (Å²) in [5.41, 5.74) is 0. The molecule has 0 aliphatic heterocycles. The Bertz CT molecular complexity index is 216. The van der Waals surface area contributed by atoms with Crippen LogP contribution in [0.4, 0.5) is 0 Å². The van der Waals surface area contributed by atoms with E-state index in [-0.39, 0.29) is 6.10 Å². The molecule has 0 aromatic heterocycles. The van der Waals surface area contributed by atoms with Crippen LogP contribution in [0.15, 0.2) is 0 Å². The summed E-state index contributed by atoms with van der Waals surface area (Å²) in [7, 11) is 2.61. The van der Waals surface area contributed by atoms with Crippen LogP contribution in [0, 0.1) is 11.8 Å². The van der Waals surface area contributed by atoms with Crippen LogP contribution >= 0.6 is 19.8 Å². The predicted octanol–water partition coefficient (Wildman–Crippen LogP) is 0.394. The number of carbonyl (C=O) groups is 1. The van der Waals surface area contributed by atoms with E-state index in [1.807, 2.05) is 0 Å². The van der Waals surface area contributed by atoms with Crippen molar-refractivity contribution in [3.63, 3.8) is 0 Å². The molecule has 3 nitrogen and oxygen atoms in total. The van der Waals surface area contributed by atoms with Crippen LogP contribution < -0.4 is 5.32 Å². The Morgan fingerprint density at radius 3 is 2.85 bits per heavy atom. The summed E-state index contributed by atoms with van der Waals surface area (Å²) in [6.07, 6.45) is 2.59. The van der Waals surface area contributed by atoms with Crippen LogP contribution in [0.5, 0.6) is 0 Å². The second-order valence-electron chi connectivity index (χ2n) is 3.86. The van der Waals surface area contributed by atoms with E-state index in [0.717, 1.165) is 19.3 Å². The highest BCUT2D eigenvalue weighted by molar-refractivity contribution is 8.44. The molecule has 74 valence electrons. The van der Waals surface area contributed by atoms with Crippen LogP contribution in [0.2, 0.25) is 0 Å². The van der Waals surface area contributed by atoms with Gasteiger partial charge in [-0.3, -0.25) is 4.79 Å². The van der Waals surface area contributed by atoms with Crippen molar-refractivity contribution in [3.8, 4) is 0 Å². The van der Waals surface area contributed by atoms with Gasteiger partial charge in [0.15, 0.2) is 0 Å². The maximum atomic E-state index is 10.2. The minimum absolute atomic E-state index is 0.169. The fourth-order valence-corrected chi connectivity index (χ4v) is 4.09. The molecular formula is C8H14NO2PS.